The zero-order valence-corrected chi connectivity index (χ0v) is 22.0. The Labute approximate surface area is 220 Å². The van der Waals surface area contributed by atoms with Gasteiger partial charge in [0.05, 0.1) is 13.2 Å². The molecule has 0 radical (unpaired) electrons. The summed E-state index contributed by atoms with van der Waals surface area (Å²) in [6.45, 7) is 6.82. The maximum Gasteiger partial charge on any atom is 0.312 e. The van der Waals surface area contributed by atoms with Crippen molar-refractivity contribution in [1.82, 2.24) is 5.32 Å². The minimum atomic E-state index is -0.958. The van der Waals surface area contributed by atoms with Gasteiger partial charge in [-0.2, -0.15) is 0 Å². The normalized spacial score (nSPS) is 19.9. The van der Waals surface area contributed by atoms with Crippen LogP contribution >= 0.6 is 11.8 Å². The van der Waals surface area contributed by atoms with Crippen molar-refractivity contribution >= 4 is 35.1 Å². The lowest BCUT2D eigenvalue weighted by Crippen LogP contribution is -2.49. The summed E-state index contributed by atoms with van der Waals surface area (Å²) in [5.74, 6) is -1.28. The van der Waals surface area contributed by atoms with Gasteiger partial charge in [0.2, 0.25) is 0 Å². The smallest absolute Gasteiger partial charge is 0.312 e. The standard InChI is InChI=1S/C20H18F2N2O2S.C5H8O3.C2H6/c21-15-6-7-16(17(22)10-15)20-12-26-9-8-14(20)11-27-19(24-20)23-18(25)13-4-2-1-3-5-13;1-2-8-5(7)3-4-6;1-2/h1-7,10,14H,8-9,11-12H2,(H,23,24,25);4H,2-3H2,1H3;1-2H3. The van der Waals surface area contributed by atoms with E-state index in [9.17, 15) is 23.2 Å². The maximum atomic E-state index is 14.6. The summed E-state index contributed by atoms with van der Waals surface area (Å²) in [5, 5.41) is 3.24. The minimum absolute atomic E-state index is 0.0496. The van der Waals surface area contributed by atoms with Crippen LogP contribution in [0.3, 0.4) is 0 Å². The molecule has 0 aromatic heterocycles. The second kappa shape index (κ2) is 15.2. The molecule has 7 nitrogen and oxygen atoms in total. The van der Waals surface area contributed by atoms with Crippen LogP contribution in [0.25, 0.3) is 0 Å². The highest BCUT2D eigenvalue weighted by Crippen LogP contribution is 2.45. The molecule has 37 heavy (non-hydrogen) atoms. The Hall–Kier alpha value is -3.11. The fourth-order valence-corrected chi connectivity index (χ4v) is 5.05. The van der Waals surface area contributed by atoms with Crippen molar-refractivity contribution in [1.29, 1.82) is 0 Å². The van der Waals surface area contributed by atoms with Crippen molar-refractivity contribution in [2.45, 2.75) is 39.2 Å². The van der Waals surface area contributed by atoms with Crippen LogP contribution in [0.2, 0.25) is 0 Å². The fourth-order valence-electron chi connectivity index (χ4n) is 3.86. The van der Waals surface area contributed by atoms with Crippen LogP contribution < -0.4 is 5.32 Å². The molecule has 0 spiro atoms. The first kappa shape index (κ1) is 30.1. The number of esters is 1. The van der Waals surface area contributed by atoms with Crippen molar-refractivity contribution in [3.05, 3.63) is 71.3 Å². The summed E-state index contributed by atoms with van der Waals surface area (Å²) < 4.78 is 38.0. The van der Waals surface area contributed by atoms with E-state index < -0.39 is 23.1 Å². The first-order chi connectivity index (χ1) is 17.9. The van der Waals surface area contributed by atoms with Crippen molar-refractivity contribution in [3.63, 3.8) is 0 Å². The molecule has 1 amide bonds. The van der Waals surface area contributed by atoms with Gasteiger partial charge in [-0.05, 0) is 31.5 Å². The number of benzene rings is 2. The van der Waals surface area contributed by atoms with E-state index >= 15 is 0 Å². The molecule has 0 saturated carbocycles. The number of carbonyl (C=O) groups is 3. The summed E-state index contributed by atoms with van der Waals surface area (Å²) in [7, 11) is 0. The van der Waals surface area contributed by atoms with Crippen LogP contribution in [-0.2, 0) is 24.6 Å². The van der Waals surface area contributed by atoms with Crippen LogP contribution in [0.4, 0.5) is 8.78 Å². The number of carbonyl (C=O) groups excluding carboxylic acids is 3. The predicted octanol–water partition coefficient (Wildman–Crippen LogP) is 4.89. The highest BCUT2D eigenvalue weighted by Gasteiger charge is 2.47. The second-order valence-corrected chi connectivity index (χ2v) is 8.82. The number of amides is 1. The van der Waals surface area contributed by atoms with Crippen LogP contribution in [0.15, 0.2) is 53.5 Å². The number of aliphatic imine (C=N–C) groups is 1. The summed E-state index contributed by atoms with van der Waals surface area (Å²) >= 11 is 1.44. The number of nitrogens with zero attached hydrogens (tertiary/aromatic N) is 1. The van der Waals surface area contributed by atoms with E-state index in [2.05, 4.69) is 10.1 Å². The van der Waals surface area contributed by atoms with Crippen molar-refractivity contribution in [2.75, 3.05) is 25.6 Å². The Morgan fingerprint density at radius 1 is 1.22 bits per heavy atom. The van der Waals surface area contributed by atoms with Crippen LogP contribution in [0, 0.1) is 17.6 Å². The van der Waals surface area contributed by atoms with Gasteiger partial charge in [0.25, 0.3) is 5.91 Å². The average Bonchev–Trinajstić information content (AvgIpc) is 2.91. The molecular formula is C27H32F2N2O5S. The van der Waals surface area contributed by atoms with Crippen molar-refractivity contribution in [2.24, 2.45) is 10.9 Å². The zero-order chi connectivity index (χ0) is 27.3. The molecule has 2 unspecified atom stereocenters. The zero-order valence-electron chi connectivity index (χ0n) is 21.2. The molecule has 10 heteroatoms. The van der Waals surface area contributed by atoms with Gasteiger partial charge in [-0.3, -0.25) is 9.59 Å². The molecule has 0 bridgehead atoms. The van der Waals surface area contributed by atoms with Crippen LogP contribution in [-0.4, -0.2) is 48.9 Å². The Bertz CT molecular complexity index is 1080. The third-order valence-corrected chi connectivity index (χ3v) is 6.58. The van der Waals surface area contributed by atoms with Gasteiger partial charge in [0, 0.05) is 35.5 Å². The number of halogens is 2. The lowest BCUT2D eigenvalue weighted by Gasteiger charge is -2.44. The van der Waals surface area contributed by atoms with Gasteiger partial charge in [-0.1, -0.05) is 49.9 Å². The highest BCUT2D eigenvalue weighted by atomic mass is 32.2. The Morgan fingerprint density at radius 3 is 2.59 bits per heavy atom. The molecule has 0 aliphatic carbocycles. The molecule has 1 saturated heterocycles. The van der Waals surface area contributed by atoms with E-state index in [0.29, 0.717) is 41.5 Å². The van der Waals surface area contributed by atoms with E-state index in [1.807, 2.05) is 19.9 Å². The largest absolute Gasteiger partial charge is 0.466 e. The first-order valence-electron chi connectivity index (χ1n) is 12.1. The lowest BCUT2D eigenvalue weighted by atomic mass is 9.76. The number of aldehydes is 1. The molecule has 200 valence electrons. The van der Waals surface area contributed by atoms with Crippen molar-refractivity contribution in [3.8, 4) is 0 Å². The number of ether oxygens (including phenoxy) is 2. The molecular weight excluding hydrogens is 502 g/mol. The SMILES string of the molecule is CC.CCOC(=O)CC=O.O=C(NC1=NC2(c3ccc(F)cc3F)COCCC2CS1)c1ccccc1. The molecule has 4 rings (SSSR count). The second-order valence-electron chi connectivity index (χ2n) is 7.81. The van der Waals surface area contributed by atoms with E-state index in [1.54, 1.807) is 31.2 Å². The van der Waals surface area contributed by atoms with E-state index in [1.165, 1.54) is 23.9 Å². The molecule has 1 N–H and O–H groups in total. The highest BCUT2D eigenvalue weighted by molar-refractivity contribution is 8.13. The third-order valence-electron chi connectivity index (χ3n) is 5.54. The monoisotopic (exact) mass is 534 g/mol. The Kier molecular flexibility index (Phi) is 12.4. The maximum absolute atomic E-state index is 14.6. The van der Waals surface area contributed by atoms with E-state index in [0.717, 1.165) is 12.5 Å². The minimum Gasteiger partial charge on any atom is -0.466 e. The van der Waals surface area contributed by atoms with Gasteiger partial charge in [0.15, 0.2) is 5.17 Å². The van der Waals surface area contributed by atoms with E-state index in [4.69, 9.17) is 9.73 Å². The topological polar surface area (TPSA) is 94.1 Å². The molecule has 2 heterocycles. The third kappa shape index (κ3) is 8.19. The molecule has 1 fully saturated rings. The summed E-state index contributed by atoms with van der Waals surface area (Å²) in [5.41, 5.74) is -0.134. The van der Waals surface area contributed by atoms with Gasteiger partial charge in [0.1, 0.15) is 29.9 Å². The molecule has 2 aliphatic rings. The first-order valence-corrected chi connectivity index (χ1v) is 13.1. The average molecular weight is 535 g/mol. The fraction of sp³-hybridized carbons (Fsp3) is 0.407. The molecule has 2 aliphatic heterocycles. The van der Waals surface area contributed by atoms with Gasteiger partial charge in [-0.25, -0.2) is 13.8 Å². The number of hydrogen-bond donors (Lipinski definition) is 1. The number of fused-ring (bicyclic) bond motifs is 1. The van der Waals surface area contributed by atoms with Crippen molar-refractivity contribution < 1.29 is 32.6 Å². The molecule has 2 atom stereocenters. The quantitative estimate of drug-likeness (QED) is 0.333. The Morgan fingerprint density at radius 2 is 1.95 bits per heavy atom. The van der Waals surface area contributed by atoms with E-state index in [-0.39, 0.29) is 24.9 Å². The van der Waals surface area contributed by atoms with Crippen LogP contribution in [0.1, 0.15) is 49.5 Å². The predicted molar refractivity (Wildman–Crippen MR) is 139 cm³/mol. The summed E-state index contributed by atoms with van der Waals surface area (Å²) in [6, 6.07) is 12.4. The number of rotatable bonds is 5. The van der Waals surface area contributed by atoms with Gasteiger partial charge >= 0.3 is 5.97 Å². The number of amidine groups is 1. The lowest BCUT2D eigenvalue weighted by molar-refractivity contribution is -0.143. The number of hydrogen-bond acceptors (Lipinski definition) is 7. The summed E-state index contributed by atoms with van der Waals surface area (Å²) in [6.07, 6.45) is 1.12. The molecule has 2 aromatic rings. The Balaban J connectivity index is 0.000000414. The number of thioether (sulfide) groups is 1. The van der Waals surface area contributed by atoms with Gasteiger partial charge in [-0.15, -0.1) is 0 Å². The van der Waals surface area contributed by atoms with Crippen LogP contribution in [0.5, 0.6) is 0 Å². The van der Waals surface area contributed by atoms with Gasteiger partial charge < -0.3 is 19.6 Å². The summed E-state index contributed by atoms with van der Waals surface area (Å²) in [4.78, 5) is 37.0. The molecule has 2 aromatic carbocycles. The number of nitrogens with one attached hydrogen (secondary N) is 1.